The monoisotopic (exact) mass is 542 g/mol. The van der Waals surface area contributed by atoms with Gasteiger partial charge in [-0.2, -0.15) is 0 Å². The number of carboxylic acids is 1. The van der Waals surface area contributed by atoms with E-state index in [0.717, 1.165) is 5.56 Å². The van der Waals surface area contributed by atoms with Crippen LogP contribution in [0.25, 0.3) is 22.2 Å². The molecule has 5 rings (SSSR count). The third-order valence-corrected chi connectivity index (χ3v) is 6.78. The molecule has 0 aliphatic carbocycles. The van der Waals surface area contributed by atoms with Gasteiger partial charge in [0, 0.05) is 31.2 Å². The van der Waals surface area contributed by atoms with Gasteiger partial charge in [0.2, 0.25) is 0 Å². The molecule has 0 spiro atoms. The van der Waals surface area contributed by atoms with Crippen LogP contribution in [-0.2, 0) is 24.3 Å². The van der Waals surface area contributed by atoms with E-state index in [9.17, 15) is 14.3 Å². The number of ether oxygens (including phenoxy) is 2. The number of rotatable bonds is 10. The smallest absolute Gasteiger partial charge is 0.335 e. The Labute approximate surface area is 230 Å². The summed E-state index contributed by atoms with van der Waals surface area (Å²) in [6.45, 7) is 2.70. The highest BCUT2D eigenvalue weighted by atomic mass is 19.1. The SMILES string of the molecule is COCCn1c(Cc2ccc(-c3ccccc3OCc3ccc(C)cc3F)cc2F)nc2ccc(C(=O)O)cc21. The van der Waals surface area contributed by atoms with Crippen LogP contribution in [0, 0.1) is 18.6 Å². The van der Waals surface area contributed by atoms with Crippen LogP contribution in [-0.4, -0.2) is 34.3 Å². The summed E-state index contributed by atoms with van der Waals surface area (Å²) in [6, 6.07) is 22.0. The molecule has 0 atom stereocenters. The van der Waals surface area contributed by atoms with Crippen LogP contribution < -0.4 is 4.74 Å². The van der Waals surface area contributed by atoms with Gasteiger partial charge < -0.3 is 19.1 Å². The fraction of sp³-hybridized carbons (Fsp3) is 0.188. The Morgan fingerprint density at radius 2 is 1.73 bits per heavy atom. The summed E-state index contributed by atoms with van der Waals surface area (Å²) in [5, 5.41) is 9.41. The number of carbonyl (C=O) groups is 1. The van der Waals surface area contributed by atoms with Crippen LogP contribution in [0.4, 0.5) is 8.78 Å². The molecule has 0 unspecified atom stereocenters. The first kappa shape index (κ1) is 27.0. The molecule has 0 aliphatic rings. The van der Waals surface area contributed by atoms with Gasteiger partial charge in [-0.25, -0.2) is 18.6 Å². The lowest BCUT2D eigenvalue weighted by atomic mass is 10.0. The molecule has 40 heavy (non-hydrogen) atoms. The number of nitrogens with zero attached hydrogens (tertiary/aromatic N) is 2. The summed E-state index contributed by atoms with van der Waals surface area (Å²) in [5.74, 6) is -0.648. The topological polar surface area (TPSA) is 73.6 Å². The molecule has 1 aromatic heterocycles. The molecular formula is C32H28F2N2O4. The first-order valence-electron chi connectivity index (χ1n) is 12.8. The zero-order valence-corrected chi connectivity index (χ0v) is 22.2. The van der Waals surface area contributed by atoms with Crippen LogP contribution in [0.2, 0.25) is 0 Å². The zero-order chi connectivity index (χ0) is 28.2. The Morgan fingerprint density at radius 1 is 0.950 bits per heavy atom. The van der Waals surface area contributed by atoms with E-state index in [2.05, 4.69) is 4.98 Å². The van der Waals surface area contributed by atoms with E-state index in [-0.39, 0.29) is 24.4 Å². The number of fused-ring (bicyclic) bond motifs is 1. The number of aromatic carboxylic acids is 1. The normalized spacial score (nSPS) is 11.2. The van der Waals surface area contributed by atoms with Crippen molar-refractivity contribution >= 4 is 17.0 Å². The Morgan fingerprint density at radius 3 is 2.48 bits per heavy atom. The van der Waals surface area contributed by atoms with E-state index < -0.39 is 11.8 Å². The summed E-state index contributed by atoms with van der Waals surface area (Å²) < 4.78 is 42.8. The minimum absolute atomic E-state index is 0.0466. The van der Waals surface area contributed by atoms with Crippen molar-refractivity contribution in [2.45, 2.75) is 26.5 Å². The number of aryl methyl sites for hydroxylation is 1. The molecule has 4 aromatic carbocycles. The minimum atomic E-state index is -1.03. The highest BCUT2D eigenvalue weighted by Crippen LogP contribution is 2.32. The number of aromatic nitrogens is 2. The van der Waals surface area contributed by atoms with Gasteiger partial charge in [-0.15, -0.1) is 0 Å². The fourth-order valence-electron chi connectivity index (χ4n) is 4.66. The van der Waals surface area contributed by atoms with E-state index in [1.54, 1.807) is 37.4 Å². The Hall–Kier alpha value is -4.56. The van der Waals surface area contributed by atoms with Crippen molar-refractivity contribution in [2.75, 3.05) is 13.7 Å². The van der Waals surface area contributed by atoms with Crippen LogP contribution in [0.15, 0.2) is 78.9 Å². The molecule has 0 saturated carbocycles. The number of hydrogen-bond donors (Lipinski definition) is 1. The molecule has 8 heteroatoms. The molecule has 6 nitrogen and oxygen atoms in total. The molecule has 0 bridgehead atoms. The number of methoxy groups -OCH3 is 1. The van der Waals surface area contributed by atoms with Gasteiger partial charge in [0.25, 0.3) is 0 Å². The summed E-state index contributed by atoms with van der Waals surface area (Å²) in [4.78, 5) is 16.2. The van der Waals surface area contributed by atoms with Gasteiger partial charge in [-0.05, 0) is 60.0 Å². The van der Waals surface area contributed by atoms with Crippen LogP contribution in [0.5, 0.6) is 5.75 Å². The summed E-state index contributed by atoms with van der Waals surface area (Å²) in [6.07, 6.45) is 0.206. The average Bonchev–Trinajstić information content (AvgIpc) is 3.28. The fourth-order valence-corrected chi connectivity index (χ4v) is 4.66. The van der Waals surface area contributed by atoms with Crippen LogP contribution >= 0.6 is 0 Å². The number of para-hydroxylation sites is 1. The highest BCUT2D eigenvalue weighted by molar-refractivity contribution is 5.92. The molecule has 0 aliphatic heterocycles. The largest absolute Gasteiger partial charge is 0.488 e. The molecule has 0 amide bonds. The van der Waals surface area contributed by atoms with Crippen molar-refractivity contribution < 1.29 is 28.2 Å². The van der Waals surface area contributed by atoms with Crippen molar-refractivity contribution in [3.05, 3.63) is 119 Å². The molecule has 5 aromatic rings. The van der Waals surface area contributed by atoms with Crippen LogP contribution in [0.3, 0.4) is 0 Å². The van der Waals surface area contributed by atoms with Gasteiger partial charge in [-0.3, -0.25) is 0 Å². The highest BCUT2D eigenvalue weighted by Gasteiger charge is 2.17. The minimum Gasteiger partial charge on any atom is -0.488 e. The lowest BCUT2D eigenvalue weighted by Crippen LogP contribution is -2.10. The first-order chi connectivity index (χ1) is 19.3. The van der Waals surface area contributed by atoms with Crippen LogP contribution in [0.1, 0.15) is 32.9 Å². The number of benzene rings is 4. The Bertz CT molecular complexity index is 1700. The predicted molar refractivity (Wildman–Crippen MR) is 149 cm³/mol. The van der Waals surface area contributed by atoms with E-state index in [1.807, 2.05) is 41.8 Å². The van der Waals surface area contributed by atoms with Gasteiger partial charge in [-0.1, -0.05) is 42.5 Å². The first-order valence-corrected chi connectivity index (χ1v) is 12.8. The van der Waals surface area contributed by atoms with Crippen molar-refractivity contribution in [3.8, 4) is 16.9 Å². The number of carboxylic acid groups (broad SMARTS) is 1. The third-order valence-electron chi connectivity index (χ3n) is 6.78. The lowest BCUT2D eigenvalue weighted by Gasteiger charge is -2.14. The van der Waals surface area contributed by atoms with E-state index in [4.69, 9.17) is 9.47 Å². The van der Waals surface area contributed by atoms with Crippen molar-refractivity contribution in [1.82, 2.24) is 9.55 Å². The van der Waals surface area contributed by atoms with Crippen molar-refractivity contribution in [1.29, 1.82) is 0 Å². The Balaban J connectivity index is 1.42. The van der Waals surface area contributed by atoms with Gasteiger partial charge in [0.05, 0.1) is 23.2 Å². The molecule has 204 valence electrons. The molecular weight excluding hydrogens is 514 g/mol. The maximum atomic E-state index is 15.5. The van der Waals surface area contributed by atoms with E-state index in [0.29, 0.717) is 58.0 Å². The van der Waals surface area contributed by atoms with Gasteiger partial charge >= 0.3 is 5.97 Å². The van der Waals surface area contributed by atoms with E-state index in [1.165, 1.54) is 18.2 Å². The molecule has 1 N–H and O–H groups in total. The zero-order valence-electron chi connectivity index (χ0n) is 22.2. The lowest BCUT2D eigenvalue weighted by molar-refractivity contribution is 0.0697. The average molecular weight is 543 g/mol. The molecule has 1 heterocycles. The maximum Gasteiger partial charge on any atom is 0.335 e. The second kappa shape index (κ2) is 11.7. The Kier molecular flexibility index (Phi) is 7.89. The van der Waals surface area contributed by atoms with Crippen molar-refractivity contribution in [3.63, 3.8) is 0 Å². The number of imidazole rings is 1. The van der Waals surface area contributed by atoms with Gasteiger partial charge in [0.15, 0.2) is 0 Å². The number of halogens is 2. The third kappa shape index (κ3) is 5.72. The molecule has 0 radical (unpaired) electrons. The summed E-state index contributed by atoms with van der Waals surface area (Å²) in [7, 11) is 1.58. The number of hydrogen-bond acceptors (Lipinski definition) is 4. The standard InChI is InChI=1S/C32H28F2N2O4/c1-20-7-8-24(26(33)15-20)19-40-30-6-4-3-5-25(30)21-9-10-22(27(34)16-21)18-31-35-28-12-11-23(32(37)38)17-29(28)36(31)13-14-39-2/h3-12,15-17H,13-14,18-19H2,1-2H3,(H,37,38). The van der Waals surface area contributed by atoms with Crippen molar-refractivity contribution in [2.24, 2.45) is 0 Å². The quantitative estimate of drug-likeness (QED) is 0.210. The van der Waals surface area contributed by atoms with Gasteiger partial charge in [0.1, 0.15) is 29.8 Å². The summed E-state index contributed by atoms with van der Waals surface area (Å²) >= 11 is 0. The second-order valence-electron chi connectivity index (χ2n) is 9.54. The maximum absolute atomic E-state index is 15.5. The molecule has 0 fully saturated rings. The van der Waals surface area contributed by atoms with E-state index >= 15 is 4.39 Å². The summed E-state index contributed by atoms with van der Waals surface area (Å²) in [5.41, 5.74) is 4.46. The second-order valence-corrected chi connectivity index (χ2v) is 9.54. The predicted octanol–water partition coefficient (Wildman–Crippen LogP) is 6.80. The molecule has 0 saturated heterocycles.